The lowest BCUT2D eigenvalue weighted by Crippen LogP contribution is -2.25. The molecule has 0 saturated carbocycles. The summed E-state index contributed by atoms with van der Waals surface area (Å²) in [7, 11) is 0. The predicted molar refractivity (Wildman–Crippen MR) is 81.6 cm³/mol. The SMILES string of the molecule is c1cncc(OC2CCN(c3nc4ccccc4[nH]3)C2)c1. The van der Waals surface area contributed by atoms with E-state index in [1.54, 1.807) is 12.4 Å². The first-order valence-electron chi connectivity index (χ1n) is 7.15. The van der Waals surface area contributed by atoms with Gasteiger partial charge in [0, 0.05) is 19.2 Å². The quantitative estimate of drug-likeness (QED) is 0.801. The zero-order chi connectivity index (χ0) is 14.1. The summed E-state index contributed by atoms with van der Waals surface area (Å²) in [6, 6.07) is 11.9. The molecule has 0 radical (unpaired) electrons. The highest BCUT2D eigenvalue weighted by molar-refractivity contribution is 5.77. The third kappa shape index (κ3) is 2.42. The molecule has 0 spiro atoms. The number of hydrogen-bond acceptors (Lipinski definition) is 4. The number of ether oxygens (including phenoxy) is 1. The molecule has 4 rings (SSSR count). The summed E-state index contributed by atoms with van der Waals surface area (Å²) in [6.07, 6.45) is 4.68. The van der Waals surface area contributed by atoms with Crippen molar-refractivity contribution in [2.45, 2.75) is 12.5 Å². The highest BCUT2D eigenvalue weighted by Gasteiger charge is 2.26. The molecule has 0 aliphatic carbocycles. The van der Waals surface area contributed by atoms with Gasteiger partial charge < -0.3 is 14.6 Å². The van der Waals surface area contributed by atoms with Crippen LogP contribution in [0.3, 0.4) is 0 Å². The van der Waals surface area contributed by atoms with Crippen molar-refractivity contribution >= 4 is 17.0 Å². The normalized spacial score (nSPS) is 18.3. The minimum Gasteiger partial charge on any atom is -0.487 e. The molecule has 1 N–H and O–H groups in total. The summed E-state index contributed by atoms with van der Waals surface area (Å²) in [5.74, 6) is 1.75. The molecule has 5 nitrogen and oxygen atoms in total. The number of pyridine rings is 1. The lowest BCUT2D eigenvalue weighted by atomic mass is 10.3. The summed E-state index contributed by atoms with van der Waals surface area (Å²) < 4.78 is 5.96. The lowest BCUT2D eigenvalue weighted by molar-refractivity contribution is 0.224. The van der Waals surface area contributed by atoms with Crippen LogP contribution in [0, 0.1) is 0 Å². The van der Waals surface area contributed by atoms with Gasteiger partial charge in [-0.05, 0) is 24.3 Å². The van der Waals surface area contributed by atoms with Gasteiger partial charge in [0.2, 0.25) is 5.95 Å². The maximum atomic E-state index is 5.96. The maximum Gasteiger partial charge on any atom is 0.203 e. The molecular weight excluding hydrogens is 264 g/mol. The molecule has 21 heavy (non-hydrogen) atoms. The molecule has 1 aliphatic heterocycles. The zero-order valence-corrected chi connectivity index (χ0v) is 11.6. The van der Waals surface area contributed by atoms with Crippen LogP contribution in [-0.2, 0) is 0 Å². The molecular formula is C16H16N4O. The molecule has 3 heterocycles. The number of aromatic nitrogens is 3. The van der Waals surface area contributed by atoms with Gasteiger partial charge in [0.15, 0.2) is 0 Å². The van der Waals surface area contributed by atoms with E-state index in [0.29, 0.717) is 0 Å². The summed E-state index contributed by atoms with van der Waals surface area (Å²) in [5.41, 5.74) is 2.08. The van der Waals surface area contributed by atoms with Crippen molar-refractivity contribution in [3.05, 3.63) is 48.8 Å². The Morgan fingerprint density at radius 2 is 2.14 bits per heavy atom. The second-order valence-electron chi connectivity index (χ2n) is 5.24. The number of anilines is 1. The van der Waals surface area contributed by atoms with E-state index in [4.69, 9.17) is 4.74 Å². The van der Waals surface area contributed by atoms with Gasteiger partial charge in [0.25, 0.3) is 0 Å². The fourth-order valence-corrected chi connectivity index (χ4v) is 2.72. The second kappa shape index (κ2) is 5.09. The van der Waals surface area contributed by atoms with Crippen molar-refractivity contribution in [3.8, 4) is 5.75 Å². The van der Waals surface area contributed by atoms with Crippen molar-refractivity contribution in [1.82, 2.24) is 15.0 Å². The average Bonchev–Trinajstić information content (AvgIpc) is 3.14. The number of rotatable bonds is 3. The Labute approximate surface area is 122 Å². The summed E-state index contributed by atoms with van der Waals surface area (Å²) in [4.78, 5) is 14.3. The van der Waals surface area contributed by atoms with Gasteiger partial charge in [-0.15, -0.1) is 0 Å². The fraction of sp³-hybridized carbons (Fsp3) is 0.250. The van der Waals surface area contributed by atoms with Crippen molar-refractivity contribution in [1.29, 1.82) is 0 Å². The van der Waals surface area contributed by atoms with E-state index < -0.39 is 0 Å². The van der Waals surface area contributed by atoms with Gasteiger partial charge >= 0.3 is 0 Å². The molecule has 1 aliphatic rings. The van der Waals surface area contributed by atoms with Crippen molar-refractivity contribution in [2.24, 2.45) is 0 Å². The smallest absolute Gasteiger partial charge is 0.203 e. The van der Waals surface area contributed by atoms with Gasteiger partial charge in [-0.2, -0.15) is 0 Å². The van der Waals surface area contributed by atoms with Gasteiger partial charge in [-0.1, -0.05) is 12.1 Å². The maximum absolute atomic E-state index is 5.96. The van der Waals surface area contributed by atoms with E-state index in [1.165, 1.54) is 0 Å². The number of benzene rings is 1. The molecule has 1 fully saturated rings. The van der Waals surface area contributed by atoms with Crippen molar-refractivity contribution < 1.29 is 4.74 Å². The monoisotopic (exact) mass is 280 g/mol. The first-order valence-corrected chi connectivity index (χ1v) is 7.15. The molecule has 0 bridgehead atoms. The summed E-state index contributed by atoms with van der Waals surface area (Å²) >= 11 is 0. The Bertz CT molecular complexity index is 707. The largest absolute Gasteiger partial charge is 0.487 e. The van der Waals surface area contributed by atoms with E-state index in [-0.39, 0.29) is 6.10 Å². The number of hydrogen-bond donors (Lipinski definition) is 1. The third-order valence-corrected chi connectivity index (χ3v) is 3.76. The number of para-hydroxylation sites is 2. The number of fused-ring (bicyclic) bond motifs is 1. The first kappa shape index (κ1) is 12.2. The molecule has 1 unspecified atom stereocenters. The van der Waals surface area contributed by atoms with Crippen molar-refractivity contribution in [2.75, 3.05) is 18.0 Å². The number of nitrogens with one attached hydrogen (secondary N) is 1. The molecule has 2 aromatic heterocycles. The van der Waals surface area contributed by atoms with Crippen LogP contribution in [0.2, 0.25) is 0 Å². The Morgan fingerprint density at radius 1 is 1.19 bits per heavy atom. The molecule has 1 aromatic carbocycles. The second-order valence-corrected chi connectivity index (χ2v) is 5.24. The van der Waals surface area contributed by atoms with E-state index in [9.17, 15) is 0 Å². The fourth-order valence-electron chi connectivity index (χ4n) is 2.72. The van der Waals surface area contributed by atoms with Gasteiger partial charge in [-0.3, -0.25) is 4.98 Å². The number of nitrogens with zero attached hydrogens (tertiary/aromatic N) is 3. The topological polar surface area (TPSA) is 54.0 Å². The summed E-state index contributed by atoms with van der Waals surface area (Å²) in [6.45, 7) is 1.79. The van der Waals surface area contributed by atoms with E-state index in [0.717, 1.165) is 42.2 Å². The van der Waals surface area contributed by atoms with Crippen LogP contribution in [0.4, 0.5) is 5.95 Å². The molecule has 3 aromatic rings. The van der Waals surface area contributed by atoms with Crippen LogP contribution in [0.15, 0.2) is 48.8 Å². The van der Waals surface area contributed by atoms with Crippen molar-refractivity contribution in [3.63, 3.8) is 0 Å². The van der Waals surface area contributed by atoms with E-state index in [2.05, 4.69) is 19.9 Å². The number of H-pyrrole nitrogens is 1. The van der Waals surface area contributed by atoms with E-state index >= 15 is 0 Å². The van der Waals surface area contributed by atoms with Crippen LogP contribution in [0.25, 0.3) is 11.0 Å². The summed E-state index contributed by atoms with van der Waals surface area (Å²) in [5, 5.41) is 0. The van der Waals surface area contributed by atoms with Crippen LogP contribution < -0.4 is 9.64 Å². The molecule has 106 valence electrons. The molecule has 1 saturated heterocycles. The first-order chi connectivity index (χ1) is 10.4. The van der Waals surface area contributed by atoms with Crippen LogP contribution in [0.1, 0.15) is 6.42 Å². The number of aromatic amines is 1. The average molecular weight is 280 g/mol. The predicted octanol–water partition coefficient (Wildman–Crippen LogP) is 2.62. The lowest BCUT2D eigenvalue weighted by Gasteiger charge is -2.16. The van der Waals surface area contributed by atoms with Gasteiger partial charge in [0.1, 0.15) is 11.9 Å². The Balaban J connectivity index is 1.48. The standard InChI is InChI=1S/C16H16N4O/c1-2-6-15-14(5-1)18-16(19-15)20-9-7-13(11-20)21-12-4-3-8-17-10-12/h1-6,8,10,13H,7,9,11H2,(H,18,19). The third-order valence-electron chi connectivity index (χ3n) is 3.76. The highest BCUT2D eigenvalue weighted by atomic mass is 16.5. The van der Waals surface area contributed by atoms with Crippen LogP contribution in [-0.4, -0.2) is 34.1 Å². The highest BCUT2D eigenvalue weighted by Crippen LogP contribution is 2.23. The van der Waals surface area contributed by atoms with Gasteiger partial charge in [-0.25, -0.2) is 4.98 Å². The van der Waals surface area contributed by atoms with E-state index in [1.807, 2.05) is 36.4 Å². The molecule has 5 heteroatoms. The van der Waals surface area contributed by atoms with Crippen LogP contribution >= 0.6 is 0 Å². The van der Waals surface area contributed by atoms with Crippen LogP contribution in [0.5, 0.6) is 5.75 Å². The minimum atomic E-state index is 0.183. The Morgan fingerprint density at radius 3 is 3.00 bits per heavy atom. The van der Waals surface area contributed by atoms with Gasteiger partial charge in [0.05, 0.1) is 23.8 Å². The molecule has 0 amide bonds. The molecule has 1 atom stereocenters. The minimum absolute atomic E-state index is 0.183. The zero-order valence-electron chi connectivity index (χ0n) is 11.6. The Kier molecular flexibility index (Phi) is 2.96. The Hall–Kier alpha value is -2.56. The number of imidazole rings is 1.